The molecule has 0 aromatic heterocycles. The van der Waals surface area contributed by atoms with E-state index in [1.165, 1.54) is 22.3 Å². The molecular weight excluding hydrogens is 418 g/mol. The Bertz CT molecular complexity index is 742. The van der Waals surface area contributed by atoms with E-state index in [9.17, 15) is 4.79 Å². The summed E-state index contributed by atoms with van der Waals surface area (Å²) in [6.45, 7) is 0. The Morgan fingerprint density at radius 2 is 1.03 bits per heavy atom. The van der Waals surface area contributed by atoms with Gasteiger partial charge in [-0.15, -0.1) is 11.6 Å². The molecule has 3 rings (SSSR count). The maximum Gasteiger partial charge on any atom is 0.221 e. The molecule has 1 nitrogen and oxygen atoms in total. The van der Waals surface area contributed by atoms with Crippen LogP contribution in [0.5, 0.6) is 0 Å². The fraction of sp³-hybridized carbons (Fsp3) is 0.240. The van der Waals surface area contributed by atoms with Crippen molar-refractivity contribution < 1.29 is 4.79 Å². The molecule has 0 unspecified atom stereocenters. The minimum absolute atomic E-state index is 0.231. The third-order valence-electron chi connectivity index (χ3n) is 4.96. The summed E-state index contributed by atoms with van der Waals surface area (Å²) in [6, 6.07) is 32.7. The fourth-order valence-electron chi connectivity index (χ4n) is 3.67. The number of alkyl halides is 1. The van der Waals surface area contributed by atoms with Gasteiger partial charge in [-0.05, 0) is 67.3 Å². The number of halogens is 2. The van der Waals surface area contributed by atoms with Crippen molar-refractivity contribution >= 4 is 51.6 Å². The lowest BCUT2D eigenvalue weighted by Gasteiger charge is -2.27. The molecule has 0 aliphatic rings. The smallest absolute Gasteiger partial charge is 0.221 e. The number of benzene rings is 3. The van der Waals surface area contributed by atoms with E-state index < -0.39 is 7.26 Å². The summed E-state index contributed by atoms with van der Waals surface area (Å²) >= 11 is 10.1. The Balaban J connectivity index is 0.00000145. The van der Waals surface area contributed by atoms with Crippen LogP contribution in [0.1, 0.15) is 25.7 Å². The average Bonchev–Trinajstić information content (AvgIpc) is 2.79. The van der Waals surface area contributed by atoms with Crippen molar-refractivity contribution in [1.82, 2.24) is 0 Å². The summed E-state index contributed by atoms with van der Waals surface area (Å²) in [5, 5.41) is 4.01. The molecule has 0 spiro atoms. The van der Waals surface area contributed by atoms with Crippen molar-refractivity contribution in [1.29, 1.82) is 0 Å². The van der Waals surface area contributed by atoms with Crippen molar-refractivity contribution in [3.05, 3.63) is 91.0 Å². The van der Waals surface area contributed by atoms with Crippen LogP contribution in [-0.2, 0) is 4.79 Å². The zero-order chi connectivity index (χ0) is 21.0. The lowest BCUT2D eigenvalue weighted by molar-refractivity contribution is -0.111. The van der Waals surface area contributed by atoms with Crippen LogP contribution in [-0.4, -0.2) is 17.8 Å². The summed E-state index contributed by atoms with van der Waals surface area (Å²) < 4.78 is 0. The number of unbranched alkanes of at least 4 members (excludes halogenated alkanes) is 2. The minimum Gasteiger partial charge on any atom is -0.281 e. The summed E-state index contributed by atoms with van der Waals surface area (Å²) in [5.41, 5.74) is 0. The van der Waals surface area contributed by atoms with Gasteiger partial charge in [-0.25, -0.2) is 0 Å². The monoisotopic (exact) mass is 445 g/mol. The Morgan fingerprint density at radius 1 is 0.655 bits per heavy atom. The highest BCUT2D eigenvalue weighted by atomic mass is 35.5. The highest BCUT2D eigenvalue weighted by molar-refractivity contribution is 7.95. The molecule has 3 aromatic rings. The van der Waals surface area contributed by atoms with Gasteiger partial charge < -0.3 is 0 Å². The van der Waals surface area contributed by atoms with Crippen LogP contribution < -0.4 is 15.9 Å². The standard InChI is InChI=1S/C24H25ClOP.CH3Cl/c25-24(26)19-11-4-12-20-27(21-13-5-1-6-14-21,22-15-7-2-8-16-22)23-17-9-3-10-18-23;1-2/h1-3,5-10,13-18H,4,11-12,19-20H2;1H3/q+1;. The first-order chi connectivity index (χ1) is 14.2. The van der Waals surface area contributed by atoms with Crippen molar-refractivity contribution in [3.63, 3.8) is 0 Å². The maximum atomic E-state index is 11.0. The molecule has 0 bridgehead atoms. The topological polar surface area (TPSA) is 17.1 Å². The van der Waals surface area contributed by atoms with E-state index in [1.807, 2.05) is 0 Å². The zero-order valence-corrected chi connectivity index (χ0v) is 19.2. The molecule has 0 atom stereocenters. The van der Waals surface area contributed by atoms with Crippen LogP contribution >= 0.6 is 30.5 Å². The van der Waals surface area contributed by atoms with Gasteiger partial charge in [-0.1, -0.05) is 54.6 Å². The van der Waals surface area contributed by atoms with Crippen molar-refractivity contribution in [2.75, 3.05) is 12.5 Å². The molecule has 4 heteroatoms. The van der Waals surface area contributed by atoms with Gasteiger partial charge in [-0.2, -0.15) is 0 Å². The first kappa shape index (κ1) is 23.6. The highest BCUT2D eigenvalue weighted by Crippen LogP contribution is 2.55. The van der Waals surface area contributed by atoms with E-state index in [1.54, 1.807) is 0 Å². The van der Waals surface area contributed by atoms with E-state index >= 15 is 0 Å². The first-order valence-electron chi connectivity index (χ1n) is 9.84. The average molecular weight is 446 g/mol. The van der Waals surface area contributed by atoms with Crippen LogP contribution in [0.3, 0.4) is 0 Å². The molecule has 0 saturated carbocycles. The van der Waals surface area contributed by atoms with Crippen molar-refractivity contribution in [2.24, 2.45) is 0 Å². The number of hydrogen-bond acceptors (Lipinski definition) is 1. The molecule has 0 fully saturated rings. The predicted molar refractivity (Wildman–Crippen MR) is 131 cm³/mol. The number of carbonyl (C=O) groups excluding carboxylic acids is 1. The van der Waals surface area contributed by atoms with Gasteiger partial charge in [0, 0.05) is 12.8 Å². The molecule has 3 aromatic carbocycles. The van der Waals surface area contributed by atoms with Gasteiger partial charge in [0.25, 0.3) is 0 Å². The summed E-state index contributed by atoms with van der Waals surface area (Å²) in [4.78, 5) is 11.0. The lowest BCUT2D eigenvalue weighted by atomic mass is 10.2. The van der Waals surface area contributed by atoms with Gasteiger partial charge in [-0.3, -0.25) is 4.79 Å². The second kappa shape index (κ2) is 12.8. The van der Waals surface area contributed by atoms with E-state index in [2.05, 4.69) is 103 Å². The Kier molecular flexibility index (Phi) is 10.4. The summed E-state index contributed by atoms with van der Waals surface area (Å²) in [6.07, 6.45) is 6.00. The van der Waals surface area contributed by atoms with Gasteiger partial charge in [0.15, 0.2) is 0 Å². The van der Waals surface area contributed by atoms with E-state index in [0.717, 1.165) is 25.4 Å². The molecule has 0 amide bonds. The highest BCUT2D eigenvalue weighted by Gasteiger charge is 2.44. The second-order valence-electron chi connectivity index (χ2n) is 6.71. The van der Waals surface area contributed by atoms with Crippen molar-refractivity contribution in [3.8, 4) is 0 Å². The minimum atomic E-state index is -1.74. The van der Waals surface area contributed by atoms with Gasteiger partial charge in [0.1, 0.15) is 23.2 Å². The van der Waals surface area contributed by atoms with Crippen LogP contribution in [0.15, 0.2) is 91.0 Å². The Labute approximate surface area is 185 Å². The number of rotatable bonds is 9. The van der Waals surface area contributed by atoms with Crippen LogP contribution in [0.25, 0.3) is 0 Å². The molecular formula is C25H28Cl2OP+. The molecule has 29 heavy (non-hydrogen) atoms. The normalized spacial score (nSPS) is 10.7. The molecule has 0 aliphatic carbocycles. The number of carbonyl (C=O) groups is 1. The molecule has 0 aliphatic heterocycles. The fourth-order valence-corrected chi connectivity index (χ4v) is 8.22. The molecule has 152 valence electrons. The van der Waals surface area contributed by atoms with E-state index in [-0.39, 0.29) is 5.24 Å². The van der Waals surface area contributed by atoms with Gasteiger partial charge in [0.2, 0.25) is 5.24 Å². The predicted octanol–water partition coefficient (Wildman–Crippen LogP) is 6.16. The maximum absolute atomic E-state index is 11.0. The van der Waals surface area contributed by atoms with Gasteiger partial charge >= 0.3 is 0 Å². The van der Waals surface area contributed by atoms with E-state index in [4.69, 9.17) is 11.6 Å². The largest absolute Gasteiger partial charge is 0.281 e. The Hall–Kier alpha value is -1.66. The van der Waals surface area contributed by atoms with Crippen LogP contribution in [0.2, 0.25) is 0 Å². The second-order valence-corrected chi connectivity index (χ2v) is 10.7. The quantitative estimate of drug-likeness (QED) is 0.167. The summed E-state index contributed by atoms with van der Waals surface area (Å²) in [5.74, 6) is 0. The molecule has 0 heterocycles. The molecule has 0 N–H and O–H groups in total. The van der Waals surface area contributed by atoms with Crippen molar-refractivity contribution in [2.45, 2.75) is 25.7 Å². The number of hydrogen-bond donors (Lipinski definition) is 0. The molecule has 0 saturated heterocycles. The summed E-state index contributed by atoms with van der Waals surface area (Å²) in [7, 11) is -1.74. The SMILES string of the molecule is CCl.O=C(Cl)CCCCC[P+](c1ccccc1)(c1ccccc1)c1ccccc1. The van der Waals surface area contributed by atoms with Crippen LogP contribution in [0.4, 0.5) is 0 Å². The third-order valence-corrected chi connectivity index (χ3v) is 9.67. The zero-order valence-electron chi connectivity index (χ0n) is 16.8. The molecule has 0 radical (unpaired) electrons. The Morgan fingerprint density at radius 3 is 1.38 bits per heavy atom. The third kappa shape index (κ3) is 6.41. The van der Waals surface area contributed by atoms with Crippen LogP contribution in [0, 0.1) is 0 Å². The van der Waals surface area contributed by atoms with Gasteiger partial charge in [0.05, 0.1) is 6.16 Å². The first-order valence-corrected chi connectivity index (χ1v) is 13.0. The lowest BCUT2D eigenvalue weighted by Crippen LogP contribution is -2.33. The van der Waals surface area contributed by atoms with E-state index in [0.29, 0.717) is 6.42 Å².